The van der Waals surface area contributed by atoms with Crippen molar-refractivity contribution in [1.29, 1.82) is 0 Å². The maximum absolute atomic E-state index is 13.1. The number of hydrogen-bond donors (Lipinski definition) is 2. The lowest BCUT2D eigenvalue weighted by Gasteiger charge is -2.32. The van der Waals surface area contributed by atoms with Gasteiger partial charge in [0.25, 0.3) is 5.91 Å². The Morgan fingerprint density at radius 1 is 1.20 bits per heavy atom. The molecule has 6 nitrogen and oxygen atoms in total. The van der Waals surface area contributed by atoms with Gasteiger partial charge in [0.05, 0.1) is 15.8 Å². The third-order valence-electron chi connectivity index (χ3n) is 5.44. The molecule has 168 valence electrons. The molecular weight excluding hydrogens is 398 g/mol. The Morgan fingerprint density at radius 2 is 1.93 bits per heavy atom. The number of thiophene rings is 1. The highest BCUT2D eigenvalue weighted by atomic mass is 32.1. The van der Waals surface area contributed by atoms with Crippen molar-refractivity contribution in [2.45, 2.75) is 73.1 Å². The number of carbonyl (C=O) groups excluding carboxylic acids is 3. The number of nitrogens with one attached hydrogen (secondary N) is 2. The molecule has 2 rings (SSSR count). The average molecular weight is 436 g/mol. The van der Waals surface area contributed by atoms with Gasteiger partial charge >= 0.3 is 0 Å². The summed E-state index contributed by atoms with van der Waals surface area (Å²) in [5, 5.41) is 6.64. The minimum Gasteiger partial charge on any atom is -0.356 e. The van der Waals surface area contributed by atoms with E-state index in [0.29, 0.717) is 29.5 Å². The molecule has 0 spiro atoms. The van der Waals surface area contributed by atoms with E-state index in [1.54, 1.807) is 4.90 Å². The molecule has 1 aliphatic rings. The molecule has 2 heterocycles. The Labute approximate surface area is 184 Å². The summed E-state index contributed by atoms with van der Waals surface area (Å²) >= 11 is 1.31. The molecule has 1 aromatic heterocycles. The number of likely N-dealkylation sites (tertiary alicyclic amines) is 1. The van der Waals surface area contributed by atoms with E-state index in [4.69, 9.17) is 0 Å². The molecule has 1 unspecified atom stereocenters. The second-order valence-electron chi connectivity index (χ2n) is 9.27. The Hall–Kier alpha value is -1.89. The smallest absolute Gasteiger partial charge is 0.264 e. The summed E-state index contributed by atoms with van der Waals surface area (Å²) in [5.41, 5.74) is 0.364. The molecule has 0 aliphatic carbocycles. The number of rotatable bonds is 8. The molecule has 0 saturated carbocycles. The van der Waals surface area contributed by atoms with Crippen LogP contribution in [0.2, 0.25) is 0 Å². The molecule has 30 heavy (non-hydrogen) atoms. The van der Waals surface area contributed by atoms with Gasteiger partial charge in [0.1, 0.15) is 0 Å². The maximum atomic E-state index is 13.1. The van der Waals surface area contributed by atoms with E-state index in [1.807, 2.05) is 33.8 Å². The van der Waals surface area contributed by atoms with Crippen LogP contribution < -0.4 is 10.6 Å². The van der Waals surface area contributed by atoms with E-state index in [1.165, 1.54) is 24.2 Å². The van der Waals surface area contributed by atoms with E-state index in [-0.39, 0.29) is 23.6 Å². The van der Waals surface area contributed by atoms with Gasteiger partial charge in [-0.05, 0) is 37.8 Å². The SMILES string of the molecule is CCCCCCNC(=O)C1CCCN(C(=O)c2sc(NC(=O)C(C)(C)C)cc2C)C1. The zero-order valence-electron chi connectivity index (χ0n) is 19.1. The minimum absolute atomic E-state index is 0.0470. The van der Waals surface area contributed by atoms with E-state index in [0.717, 1.165) is 31.2 Å². The van der Waals surface area contributed by atoms with Crippen molar-refractivity contribution in [3.63, 3.8) is 0 Å². The molecule has 1 aliphatic heterocycles. The normalized spacial score (nSPS) is 17.0. The first-order valence-electron chi connectivity index (χ1n) is 11.1. The molecule has 3 amide bonds. The van der Waals surface area contributed by atoms with Crippen LogP contribution in [0.25, 0.3) is 0 Å². The zero-order valence-corrected chi connectivity index (χ0v) is 19.9. The van der Waals surface area contributed by atoms with Gasteiger partial charge in [-0.15, -0.1) is 11.3 Å². The van der Waals surface area contributed by atoms with Crippen molar-refractivity contribution in [3.05, 3.63) is 16.5 Å². The Balaban J connectivity index is 1.95. The van der Waals surface area contributed by atoms with Gasteiger partial charge in [0, 0.05) is 25.0 Å². The second-order valence-corrected chi connectivity index (χ2v) is 10.3. The van der Waals surface area contributed by atoms with Gasteiger partial charge in [-0.3, -0.25) is 14.4 Å². The average Bonchev–Trinajstić information content (AvgIpc) is 3.06. The first-order valence-corrected chi connectivity index (χ1v) is 11.9. The number of hydrogen-bond acceptors (Lipinski definition) is 4. The highest BCUT2D eigenvalue weighted by molar-refractivity contribution is 7.18. The van der Waals surface area contributed by atoms with Crippen LogP contribution in [0, 0.1) is 18.3 Å². The highest BCUT2D eigenvalue weighted by Crippen LogP contribution is 2.30. The van der Waals surface area contributed by atoms with E-state index in [2.05, 4.69) is 17.6 Å². The second kappa shape index (κ2) is 10.9. The first-order chi connectivity index (χ1) is 14.1. The van der Waals surface area contributed by atoms with Gasteiger partial charge < -0.3 is 15.5 Å². The van der Waals surface area contributed by atoms with Crippen molar-refractivity contribution in [3.8, 4) is 0 Å². The van der Waals surface area contributed by atoms with Gasteiger partial charge in [-0.1, -0.05) is 47.0 Å². The molecule has 1 saturated heterocycles. The predicted molar refractivity (Wildman–Crippen MR) is 123 cm³/mol. The van der Waals surface area contributed by atoms with Crippen molar-refractivity contribution in [1.82, 2.24) is 10.2 Å². The minimum atomic E-state index is -0.494. The lowest BCUT2D eigenvalue weighted by molar-refractivity contribution is -0.126. The summed E-state index contributed by atoms with van der Waals surface area (Å²) < 4.78 is 0. The summed E-state index contributed by atoms with van der Waals surface area (Å²) in [4.78, 5) is 40.3. The molecule has 1 fully saturated rings. The van der Waals surface area contributed by atoms with Crippen LogP contribution in [0.15, 0.2) is 6.07 Å². The summed E-state index contributed by atoms with van der Waals surface area (Å²) in [5.74, 6) is -0.204. The highest BCUT2D eigenvalue weighted by Gasteiger charge is 2.30. The molecule has 0 bridgehead atoms. The summed E-state index contributed by atoms with van der Waals surface area (Å²) in [6.07, 6.45) is 6.17. The van der Waals surface area contributed by atoms with Gasteiger partial charge in [0.15, 0.2) is 0 Å². The quantitative estimate of drug-likeness (QED) is 0.586. The van der Waals surface area contributed by atoms with Crippen LogP contribution in [-0.4, -0.2) is 42.3 Å². The third-order valence-corrected chi connectivity index (χ3v) is 6.58. The molecule has 2 N–H and O–H groups in total. The van der Waals surface area contributed by atoms with Crippen LogP contribution in [0.5, 0.6) is 0 Å². The maximum Gasteiger partial charge on any atom is 0.264 e. The Bertz CT molecular complexity index is 751. The van der Waals surface area contributed by atoms with E-state index < -0.39 is 5.41 Å². The molecule has 0 radical (unpaired) electrons. The van der Waals surface area contributed by atoms with Crippen LogP contribution in [0.3, 0.4) is 0 Å². The first kappa shape index (κ1) is 24.4. The molecule has 7 heteroatoms. The summed E-state index contributed by atoms with van der Waals surface area (Å²) in [6.45, 7) is 11.5. The molecule has 1 aromatic rings. The molecule has 0 aromatic carbocycles. The standard InChI is InChI=1S/C23H37N3O3S/c1-6-7-8-9-12-24-20(27)17-11-10-13-26(15-17)21(28)19-16(2)14-18(30-19)25-22(29)23(3,4)5/h14,17H,6-13,15H2,1-5H3,(H,24,27)(H,25,29). The van der Waals surface area contributed by atoms with Crippen LogP contribution in [0.4, 0.5) is 5.00 Å². The summed E-state index contributed by atoms with van der Waals surface area (Å²) in [6, 6.07) is 1.85. The van der Waals surface area contributed by atoms with Crippen molar-refractivity contribution < 1.29 is 14.4 Å². The zero-order chi connectivity index (χ0) is 22.3. The number of piperidine rings is 1. The third kappa shape index (κ3) is 6.83. The fourth-order valence-corrected chi connectivity index (χ4v) is 4.52. The number of nitrogens with zero attached hydrogens (tertiary/aromatic N) is 1. The van der Waals surface area contributed by atoms with Crippen molar-refractivity contribution in [2.75, 3.05) is 25.0 Å². The van der Waals surface area contributed by atoms with Crippen LogP contribution >= 0.6 is 11.3 Å². The number of aryl methyl sites for hydroxylation is 1. The van der Waals surface area contributed by atoms with Gasteiger partial charge in [-0.2, -0.15) is 0 Å². The topological polar surface area (TPSA) is 78.5 Å². The summed E-state index contributed by atoms with van der Waals surface area (Å²) in [7, 11) is 0. The van der Waals surface area contributed by atoms with Gasteiger partial charge in [0.2, 0.25) is 11.8 Å². The van der Waals surface area contributed by atoms with Crippen LogP contribution in [0.1, 0.15) is 81.5 Å². The number of amides is 3. The van der Waals surface area contributed by atoms with Crippen LogP contribution in [-0.2, 0) is 9.59 Å². The predicted octanol–water partition coefficient (Wildman–Crippen LogP) is 4.59. The number of carbonyl (C=O) groups is 3. The lowest BCUT2D eigenvalue weighted by Crippen LogP contribution is -2.45. The Morgan fingerprint density at radius 3 is 2.60 bits per heavy atom. The largest absolute Gasteiger partial charge is 0.356 e. The van der Waals surface area contributed by atoms with Crippen molar-refractivity contribution >= 4 is 34.1 Å². The Kier molecular flexibility index (Phi) is 8.89. The van der Waals surface area contributed by atoms with E-state index >= 15 is 0 Å². The van der Waals surface area contributed by atoms with Crippen molar-refractivity contribution in [2.24, 2.45) is 11.3 Å². The van der Waals surface area contributed by atoms with Gasteiger partial charge in [-0.25, -0.2) is 0 Å². The monoisotopic (exact) mass is 435 g/mol. The number of unbranched alkanes of at least 4 members (excludes halogenated alkanes) is 3. The number of anilines is 1. The fraction of sp³-hybridized carbons (Fsp3) is 0.696. The lowest BCUT2D eigenvalue weighted by atomic mass is 9.96. The molecule has 1 atom stereocenters. The van der Waals surface area contributed by atoms with E-state index in [9.17, 15) is 14.4 Å². The molecular formula is C23H37N3O3S. The fourth-order valence-electron chi connectivity index (χ4n) is 3.48.